The Hall–Kier alpha value is -2.64. The number of carbonyl (C=O) groups excluding carboxylic acids is 2. The van der Waals surface area contributed by atoms with E-state index in [9.17, 15) is 31.2 Å². The Morgan fingerprint density at radius 2 is 1.69 bits per heavy atom. The zero-order valence-corrected chi connectivity index (χ0v) is 19.0. The van der Waals surface area contributed by atoms with Crippen molar-refractivity contribution in [1.29, 1.82) is 0 Å². The number of rotatable bonds is 8. The van der Waals surface area contributed by atoms with Crippen molar-refractivity contribution in [3.63, 3.8) is 0 Å². The summed E-state index contributed by atoms with van der Waals surface area (Å²) < 4.78 is 61.9. The summed E-state index contributed by atoms with van der Waals surface area (Å²) in [7, 11) is -4.35. The second-order valence-electron chi connectivity index (χ2n) is 6.79. The van der Waals surface area contributed by atoms with E-state index in [0.717, 1.165) is 29.5 Å². The van der Waals surface area contributed by atoms with Crippen LogP contribution in [-0.2, 0) is 14.8 Å². The van der Waals surface area contributed by atoms with Crippen LogP contribution in [0.1, 0.15) is 27.2 Å². The Morgan fingerprint density at radius 3 is 2.22 bits per heavy atom. The lowest BCUT2D eigenvalue weighted by Crippen LogP contribution is -2.33. The smallest absolute Gasteiger partial charge is 0.366 e. The minimum Gasteiger partial charge on any atom is -0.366 e. The summed E-state index contributed by atoms with van der Waals surface area (Å²) in [5.41, 5.74) is 8.14. The number of anilines is 1. The summed E-state index contributed by atoms with van der Waals surface area (Å²) in [4.78, 5) is 28.0. The second-order valence-corrected chi connectivity index (χ2v) is 9.52. The number of aryl methyl sites for hydroxylation is 1. The van der Waals surface area contributed by atoms with Gasteiger partial charge in [0.25, 0.3) is 5.91 Å². The number of alkyl halides is 3. The normalized spacial score (nSPS) is 11.9. The van der Waals surface area contributed by atoms with E-state index in [1.807, 2.05) is 6.92 Å². The third-order valence-electron chi connectivity index (χ3n) is 4.46. The van der Waals surface area contributed by atoms with Gasteiger partial charge >= 0.3 is 6.18 Å². The Kier molecular flexibility index (Phi) is 7.91. The maximum absolute atomic E-state index is 12.3. The molecule has 0 bridgehead atoms. The predicted molar refractivity (Wildman–Crippen MR) is 114 cm³/mol. The number of primary amides is 1. The lowest BCUT2D eigenvalue weighted by Gasteiger charge is -2.13. The monoisotopic (exact) mass is 490 g/mol. The van der Waals surface area contributed by atoms with Crippen LogP contribution in [0.3, 0.4) is 0 Å². The number of pyridine rings is 1. The van der Waals surface area contributed by atoms with Gasteiger partial charge in [-0.15, -0.1) is 0 Å². The molecule has 0 saturated heterocycles. The van der Waals surface area contributed by atoms with E-state index in [1.165, 1.54) is 16.9 Å². The molecule has 1 aromatic heterocycles. The van der Waals surface area contributed by atoms with Crippen LogP contribution < -0.4 is 15.8 Å². The van der Waals surface area contributed by atoms with Gasteiger partial charge in [-0.3, -0.25) is 9.59 Å². The van der Waals surface area contributed by atoms with Crippen molar-refractivity contribution in [1.82, 2.24) is 9.71 Å². The van der Waals surface area contributed by atoms with Gasteiger partial charge < -0.3 is 11.1 Å². The zero-order valence-electron chi connectivity index (χ0n) is 17.3. The van der Waals surface area contributed by atoms with Crippen LogP contribution >= 0.6 is 11.8 Å². The molecule has 2 amide bonds. The molecule has 2 aromatic rings. The van der Waals surface area contributed by atoms with Gasteiger partial charge in [-0.2, -0.15) is 13.2 Å². The lowest BCUT2D eigenvalue weighted by molar-refractivity contribution is -0.121. The third-order valence-corrected chi connectivity index (χ3v) is 6.85. The number of sulfonamides is 1. The molecule has 32 heavy (non-hydrogen) atoms. The molecule has 1 heterocycles. The van der Waals surface area contributed by atoms with Gasteiger partial charge in [0.2, 0.25) is 15.9 Å². The number of thioether (sulfide) groups is 1. The number of hydrogen-bond acceptors (Lipinski definition) is 6. The summed E-state index contributed by atoms with van der Waals surface area (Å²) in [5.74, 6) is -1.23. The highest BCUT2D eigenvalue weighted by molar-refractivity contribution is 8.00. The number of nitrogens with one attached hydrogen (secondary N) is 2. The predicted octanol–water partition coefficient (Wildman–Crippen LogP) is 2.68. The van der Waals surface area contributed by atoms with Crippen molar-refractivity contribution in [3.8, 4) is 0 Å². The molecule has 0 atom stereocenters. The first-order valence-electron chi connectivity index (χ1n) is 9.08. The average molecular weight is 491 g/mol. The van der Waals surface area contributed by atoms with E-state index in [1.54, 1.807) is 13.8 Å². The van der Waals surface area contributed by atoms with Crippen LogP contribution in [0.25, 0.3) is 0 Å². The van der Waals surface area contributed by atoms with Gasteiger partial charge in [-0.1, -0.05) is 11.8 Å². The molecule has 1 aromatic carbocycles. The molecular formula is C19H21F3N4O4S2. The molecular weight excluding hydrogens is 469 g/mol. The molecule has 174 valence electrons. The van der Waals surface area contributed by atoms with Gasteiger partial charge in [0.15, 0.2) is 0 Å². The maximum Gasteiger partial charge on any atom is 0.402 e. The average Bonchev–Trinajstić information content (AvgIpc) is 2.68. The number of halogens is 3. The molecule has 8 nitrogen and oxygen atoms in total. The number of nitrogens with two attached hydrogens (primary N) is 1. The summed E-state index contributed by atoms with van der Waals surface area (Å²) in [6, 6.07) is 4.64. The topological polar surface area (TPSA) is 131 Å². The molecule has 0 aliphatic carbocycles. The molecule has 0 saturated carbocycles. The van der Waals surface area contributed by atoms with Gasteiger partial charge in [0.1, 0.15) is 11.6 Å². The van der Waals surface area contributed by atoms with E-state index >= 15 is 0 Å². The standard InChI is InChI=1S/C19H21F3N4O4S2/c1-10-11(2)16(17(23)28)18(25-12(10)3)31-8-15(27)26-13-4-6-14(7-5-13)32(29,30)24-9-19(20,21)22/h4-7,24H,8-9H2,1-3H3,(H2,23,28)(H,26,27). The number of aromatic nitrogens is 1. The summed E-state index contributed by atoms with van der Waals surface area (Å²) >= 11 is 1.02. The van der Waals surface area contributed by atoms with Crippen LogP contribution in [0, 0.1) is 20.8 Å². The fourth-order valence-electron chi connectivity index (χ4n) is 2.61. The van der Waals surface area contributed by atoms with Crippen molar-refractivity contribution in [2.75, 3.05) is 17.6 Å². The molecule has 0 aliphatic rings. The number of nitrogens with zero attached hydrogens (tertiary/aromatic N) is 1. The van der Waals surface area contributed by atoms with Crippen LogP contribution in [0.5, 0.6) is 0 Å². The van der Waals surface area contributed by atoms with E-state index in [-0.39, 0.29) is 21.9 Å². The van der Waals surface area contributed by atoms with Crippen molar-refractivity contribution < 1.29 is 31.2 Å². The van der Waals surface area contributed by atoms with E-state index in [4.69, 9.17) is 5.73 Å². The molecule has 0 fully saturated rings. The first-order valence-corrected chi connectivity index (χ1v) is 11.5. The minimum absolute atomic E-state index is 0.109. The van der Waals surface area contributed by atoms with Crippen molar-refractivity contribution in [3.05, 3.63) is 46.6 Å². The minimum atomic E-state index is -4.68. The third kappa shape index (κ3) is 6.68. The number of carbonyl (C=O) groups is 2. The van der Waals surface area contributed by atoms with Gasteiger partial charge in [-0.25, -0.2) is 18.1 Å². The molecule has 0 unspecified atom stereocenters. The highest BCUT2D eigenvalue weighted by Crippen LogP contribution is 2.27. The summed E-state index contributed by atoms with van der Waals surface area (Å²) in [6.07, 6.45) is -4.68. The molecule has 13 heteroatoms. The van der Waals surface area contributed by atoms with E-state index < -0.39 is 34.6 Å². The number of amides is 2. The molecule has 4 N–H and O–H groups in total. The molecule has 0 spiro atoms. The quantitative estimate of drug-likeness (QED) is 0.488. The van der Waals surface area contributed by atoms with Crippen LogP contribution in [0.15, 0.2) is 34.2 Å². The van der Waals surface area contributed by atoms with Crippen molar-refractivity contribution in [2.24, 2.45) is 5.73 Å². The highest BCUT2D eigenvalue weighted by atomic mass is 32.2. The Labute approximate surface area is 187 Å². The first-order chi connectivity index (χ1) is 14.7. The Balaban J connectivity index is 2.05. The summed E-state index contributed by atoms with van der Waals surface area (Å²) in [6.45, 7) is 3.64. The molecule has 0 aliphatic heterocycles. The van der Waals surface area contributed by atoms with Gasteiger partial charge in [0, 0.05) is 11.4 Å². The Morgan fingerprint density at radius 1 is 1.09 bits per heavy atom. The fraction of sp³-hybridized carbons (Fsp3) is 0.316. The lowest BCUT2D eigenvalue weighted by atomic mass is 10.0. The van der Waals surface area contributed by atoms with Gasteiger partial charge in [0.05, 0.1) is 16.2 Å². The molecule has 0 radical (unpaired) electrons. The van der Waals surface area contributed by atoms with Crippen molar-refractivity contribution >= 4 is 39.3 Å². The second kappa shape index (κ2) is 9.88. The maximum atomic E-state index is 12.3. The van der Waals surface area contributed by atoms with E-state index in [0.29, 0.717) is 16.3 Å². The van der Waals surface area contributed by atoms with Crippen LogP contribution in [0.2, 0.25) is 0 Å². The zero-order chi connectivity index (χ0) is 24.3. The SMILES string of the molecule is Cc1nc(SCC(=O)Nc2ccc(S(=O)(=O)NCC(F)(F)F)cc2)c(C(N)=O)c(C)c1C. The number of benzene rings is 1. The summed E-state index contributed by atoms with van der Waals surface area (Å²) in [5, 5.41) is 2.86. The Bertz CT molecular complexity index is 1130. The fourth-order valence-corrected chi connectivity index (χ4v) is 4.57. The van der Waals surface area contributed by atoms with E-state index in [2.05, 4.69) is 10.3 Å². The van der Waals surface area contributed by atoms with Crippen LogP contribution in [0.4, 0.5) is 18.9 Å². The van der Waals surface area contributed by atoms with Crippen LogP contribution in [-0.4, -0.2) is 43.7 Å². The highest BCUT2D eigenvalue weighted by Gasteiger charge is 2.30. The number of hydrogen-bond donors (Lipinski definition) is 3. The van der Waals surface area contributed by atoms with Gasteiger partial charge in [-0.05, 0) is 56.2 Å². The molecule has 2 rings (SSSR count). The largest absolute Gasteiger partial charge is 0.402 e. The first kappa shape index (κ1) is 25.6. The van der Waals surface area contributed by atoms with Crippen molar-refractivity contribution in [2.45, 2.75) is 36.9 Å².